The van der Waals surface area contributed by atoms with Crippen LogP contribution in [0.3, 0.4) is 0 Å². The van der Waals surface area contributed by atoms with E-state index in [9.17, 15) is 4.79 Å². The molecule has 0 radical (unpaired) electrons. The third-order valence-electron chi connectivity index (χ3n) is 5.21. The molecule has 2 amide bonds. The number of pyridine rings is 1. The average Bonchev–Trinajstić information content (AvgIpc) is 3.33. The van der Waals surface area contributed by atoms with E-state index in [1.807, 2.05) is 50.8 Å². The number of nitrogens with zero attached hydrogens (tertiary/aromatic N) is 5. The lowest BCUT2D eigenvalue weighted by Gasteiger charge is -2.35. The summed E-state index contributed by atoms with van der Waals surface area (Å²) in [4.78, 5) is 19.3. The fourth-order valence-corrected chi connectivity index (χ4v) is 3.79. The Kier molecular flexibility index (Phi) is 5.09. The number of piperidine rings is 1. The predicted octanol–water partition coefficient (Wildman–Crippen LogP) is 2.99. The average molecular weight is 366 g/mol. The molecule has 0 unspecified atom stereocenters. The van der Waals surface area contributed by atoms with Crippen LogP contribution in [0.15, 0.2) is 43.0 Å². The maximum Gasteiger partial charge on any atom is 0.317 e. The molecule has 0 aliphatic carbocycles. The molecule has 4 heterocycles. The molecule has 1 saturated heterocycles. The van der Waals surface area contributed by atoms with Gasteiger partial charge in [0, 0.05) is 43.9 Å². The topological polar surface area (TPSA) is 67.5 Å². The number of fused-ring (bicyclic) bond motifs is 1. The standard InChI is InChI=1S/C20H26N6O/c1-16-6-7-19-23-17(15-24(19)14-16)13-21-20(27)26-11-3-2-5-18(26)8-12-25-10-4-9-22-25/h4,6-7,9-10,14-15,18H,2-3,5,8,11-13H2,1H3,(H,21,27)/t18-/m0/s1. The van der Waals surface area contributed by atoms with Crippen LogP contribution in [-0.2, 0) is 13.1 Å². The molecule has 4 rings (SSSR count). The fourth-order valence-electron chi connectivity index (χ4n) is 3.79. The molecule has 0 spiro atoms. The van der Waals surface area contributed by atoms with Gasteiger partial charge in [0.05, 0.1) is 12.2 Å². The Hall–Kier alpha value is -2.83. The first-order chi connectivity index (χ1) is 13.2. The Morgan fingerprint density at radius 2 is 2.22 bits per heavy atom. The van der Waals surface area contributed by atoms with E-state index in [0.29, 0.717) is 6.54 Å². The first-order valence-electron chi connectivity index (χ1n) is 9.65. The van der Waals surface area contributed by atoms with Crippen molar-refractivity contribution in [1.29, 1.82) is 0 Å². The van der Waals surface area contributed by atoms with Gasteiger partial charge in [0.2, 0.25) is 0 Å². The summed E-state index contributed by atoms with van der Waals surface area (Å²) in [6.07, 6.45) is 12.0. The highest BCUT2D eigenvalue weighted by Crippen LogP contribution is 2.20. The summed E-state index contributed by atoms with van der Waals surface area (Å²) < 4.78 is 3.94. The van der Waals surface area contributed by atoms with E-state index in [0.717, 1.165) is 43.7 Å². The normalized spacial score (nSPS) is 17.4. The molecule has 3 aromatic heterocycles. The monoisotopic (exact) mass is 366 g/mol. The van der Waals surface area contributed by atoms with Gasteiger partial charge in [-0.05, 0) is 50.3 Å². The third-order valence-corrected chi connectivity index (χ3v) is 5.21. The van der Waals surface area contributed by atoms with Gasteiger partial charge >= 0.3 is 6.03 Å². The lowest BCUT2D eigenvalue weighted by molar-refractivity contribution is 0.143. The van der Waals surface area contributed by atoms with Gasteiger partial charge in [0.15, 0.2) is 0 Å². The lowest BCUT2D eigenvalue weighted by Crippen LogP contribution is -2.48. The van der Waals surface area contributed by atoms with Crippen molar-refractivity contribution >= 4 is 11.7 Å². The van der Waals surface area contributed by atoms with E-state index in [1.165, 1.54) is 12.0 Å². The number of aromatic nitrogens is 4. The summed E-state index contributed by atoms with van der Waals surface area (Å²) in [5, 5.41) is 7.32. The Bertz CT molecular complexity index is 900. The molecular weight excluding hydrogens is 340 g/mol. The number of likely N-dealkylation sites (tertiary alicyclic amines) is 1. The van der Waals surface area contributed by atoms with Crippen LogP contribution in [0.5, 0.6) is 0 Å². The highest BCUT2D eigenvalue weighted by molar-refractivity contribution is 5.74. The molecule has 27 heavy (non-hydrogen) atoms. The molecular formula is C20H26N6O. The maximum atomic E-state index is 12.8. The zero-order valence-electron chi connectivity index (χ0n) is 15.7. The van der Waals surface area contributed by atoms with Crippen LogP contribution in [0.1, 0.15) is 36.9 Å². The molecule has 1 fully saturated rings. The van der Waals surface area contributed by atoms with Crippen molar-refractivity contribution in [2.24, 2.45) is 0 Å². The second-order valence-electron chi connectivity index (χ2n) is 7.26. The van der Waals surface area contributed by atoms with E-state index >= 15 is 0 Å². The van der Waals surface area contributed by atoms with E-state index in [4.69, 9.17) is 0 Å². The number of carbonyl (C=O) groups is 1. The van der Waals surface area contributed by atoms with Crippen molar-refractivity contribution in [1.82, 2.24) is 29.4 Å². The van der Waals surface area contributed by atoms with E-state index in [1.54, 1.807) is 6.20 Å². The van der Waals surface area contributed by atoms with Gasteiger partial charge in [-0.3, -0.25) is 4.68 Å². The first-order valence-corrected chi connectivity index (χ1v) is 9.65. The molecule has 1 aliphatic rings. The molecule has 142 valence electrons. The third kappa shape index (κ3) is 4.13. The van der Waals surface area contributed by atoms with E-state index in [-0.39, 0.29) is 12.1 Å². The van der Waals surface area contributed by atoms with Crippen molar-refractivity contribution in [3.05, 3.63) is 54.2 Å². The number of rotatable bonds is 5. The van der Waals surface area contributed by atoms with Crippen molar-refractivity contribution in [2.45, 2.75) is 51.7 Å². The number of amides is 2. The summed E-state index contributed by atoms with van der Waals surface area (Å²) in [6, 6.07) is 6.25. The Morgan fingerprint density at radius 1 is 1.30 bits per heavy atom. The smallest absolute Gasteiger partial charge is 0.317 e. The van der Waals surface area contributed by atoms with Gasteiger partial charge in [0.25, 0.3) is 0 Å². The van der Waals surface area contributed by atoms with Crippen LogP contribution in [0, 0.1) is 6.92 Å². The molecule has 0 saturated carbocycles. The van der Waals surface area contributed by atoms with Crippen LogP contribution in [-0.4, -0.2) is 42.7 Å². The number of imidazole rings is 1. The van der Waals surface area contributed by atoms with Gasteiger partial charge in [0.1, 0.15) is 5.65 Å². The molecule has 1 aliphatic heterocycles. The van der Waals surface area contributed by atoms with Gasteiger partial charge in [-0.15, -0.1) is 0 Å². The van der Waals surface area contributed by atoms with Crippen LogP contribution in [0.2, 0.25) is 0 Å². The van der Waals surface area contributed by atoms with E-state index in [2.05, 4.69) is 22.3 Å². The number of nitrogens with one attached hydrogen (secondary N) is 1. The number of urea groups is 1. The second kappa shape index (κ2) is 7.82. The quantitative estimate of drug-likeness (QED) is 0.755. The van der Waals surface area contributed by atoms with Crippen LogP contribution in [0.4, 0.5) is 4.79 Å². The Morgan fingerprint density at radius 3 is 3.07 bits per heavy atom. The molecule has 0 aromatic carbocycles. The number of hydrogen-bond acceptors (Lipinski definition) is 3. The summed E-state index contributed by atoms with van der Waals surface area (Å²) in [5.74, 6) is 0. The van der Waals surface area contributed by atoms with E-state index < -0.39 is 0 Å². The first kappa shape index (κ1) is 17.6. The van der Waals surface area contributed by atoms with Crippen LogP contribution in [0.25, 0.3) is 5.65 Å². The van der Waals surface area contributed by atoms with Crippen molar-refractivity contribution in [3.8, 4) is 0 Å². The molecule has 7 nitrogen and oxygen atoms in total. The number of aryl methyl sites for hydroxylation is 2. The number of carbonyl (C=O) groups excluding carboxylic acids is 1. The maximum absolute atomic E-state index is 12.8. The van der Waals surface area contributed by atoms with Gasteiger partial charge in [-0.2, -0.15) is 5.10 Å². The SMILES string of the molecule is Cc1ccc2nc(CNC(=O)N3CCCC[C@H]3CCn3cccn3)cn2c1. The minimum atomic E-state index is 0.00778. The molecule has 1 N–H and O–H groups in total. The molecule has 3 aromatic rings. The van der Waals surface area contributed by atoms with Crippen molar-refractivity contribution in [2.75, 3.05) is 6.54 Å². The minimum absolute atomic E-state index is 0.00778. The molecule has 0 bridgehead atoms. The van der Waals surface area contributed by atoms with Crippen LogP contribution < -0.4 is 5.32 Å². The zero-order valence-corrected chi connectivity index (χ0v) is 15.7. The minimum Gasteiger partial charge on any atom is -0.332 e. The predicted molar refractivity (Wildman–Crippen MR) is 103 cm³/mol. The largest absolute Gasteiger partial charge is 0.332 e. The van der Waals surface area contributed by atoms with Crippen molar-refractivity contribution < 1.29 is 4.79 Å². The Labute approximate surface area is 159 Å². The van der Waals surface area contributed by atoms with Crippen LogP contribution >= 0.6 is 0 Å². The van der Waals surface area contributed by atoms with Gasteiger partial charge < -0.3 is 14.6 Å². The lowest BCUT2D eigenvalue weighted by atomic mass is 10.00. The number of hydrogen-bond donors (Lipinski definition) is 1. The fraction of sp³-hybridized carbons (Fsp3) is 0.450. The summed E-state index contributed by atoms with van der Waals surface area (Å²) >= 11 is 0. The van der Waals surface area contributed by atoms with Crippen molar-refractivity contribution in [3.63, 3.8) is 0 Å². The summed E-state index contributed by atoms with van der Waals surface area (Å²) in [5.41, 5.74) is 2.96. The highest BCUT2D eigenvalue weighted by Gasteiger charge is 2.26. The summed E-state index contributed by atoms with van der Waals surface area (Å²) in [6.45, 7) is 4.16. The highest BCUT2D eigenvalue weighted by atomic mass is 16.2. The Balaban J connectivity index is 1.36. The second-order valence-corrected chi connectivity index (χ2v) is 7.26. The summed E-state index contributed by atoms with van der Waals surface area (Å²) in [7, 11) is 0. The molecule has 7 heteroatoms. The van der Waals surface area contributed by atoms with Gasteiger partial charge in [-0.1, -0.05) is 6.07 Å². The van der Waals surface area contributed by atoms with Gasteiger partial charge in [-0.25, -0.2) is 9.78 Å². The zero-order chi connectivity index (χ0) is 18.6. The molecule has 1 atom stereocenters.